The second-order valence-electron chi connectivity index (χ2n) is 4.72. The molecule has 0 spiro atoms. The molecule has 0 radical (unpaired) electrons. The van der Waals surface area contributed by atoms with E-state index >= 15 is 0 Å². The monoisotopic (exact) mass is 257 g/mol. The number of benzene rings is 1. The van der Waals surface area contributed by atoms with Crippen LogP contribution in [-0.4, -0.2) is 15.5 Å². The summed E-state index contributed by atoms with van der Waals surface area (Å²) in [6.07, 6.45) is 5.32. The summed E-state index contributed by atoms with van der Waals surface area (Å²) < 4.78 is 2.01. The molecule has 1 aromatic carbocycles. The van der Waals surface area contributed by atoms with Gasteiger partial charge in [0.05, 0.1) is 6.61 Å². The molecule has 1 aromatic heterocycles. The van der Waals surface area contributed by atoms with Crippen molar-refractivity contribution >= 4 is 5.78 Å². The van der Waals surface area contributed by atoms with Crippen LogP contribution in [0.5, 0.6) is 0 Å². The van der Waals surface area contributed by atoms with Gasteiger partial charge in [-0.25, -0.2) is 0 Å². The van der Waals surface area contributed by atoms with E-state index < -0.39 is 0 Å². The number of rotatable bonds is 6. The highest BCUT2D eigenvalue weighted by molar-refractivity contribution is 5.95. The van der Waals surface area contributed by atoms with Crippen LogP contribution < -0.4 is 0 Å². The Morgan fingerprint density at radius 3 is 2.47 bits per heavy atom. The predicted molar refractivity (Wildman–Crippen MR) is 75.1 cm³/mol. The maximum Gasteiger partial charge on any atom is 0.164 e. The van der Waals surface area contributed by atoms with Crippen molar-refractivity contribution in [2.75, 3.05) is 0 Å². The number of ketones is 1. The highest BCUT2D eigenvalue weighted by atomic mass is 16.3. The number of carbonyl (C=O) groups excluding carboxylic acids is 1. The molecule has 19 heavy (non-hydrogen) atoms. The molecular weight excluding hydrogens is 238 g/mol. The van der Waals surface area contributed by atoms with Crippen LogP contribution in [-0.2, 0) is 13.2 Å². The Kier molecular flexibility index (Phi) is 4.53. The van der Waals surface area contributed by atoms with Gasteiger partial charge in [0.2, 0.25) is 0 Å². The van der Waals surface area contributed by atoms with Gasteiger partial charge in [0.25, 0.3) is 0 Å². The number of hydrogen-bond donors (Lipinski definition) is 1. The van der Waals surface area contributed by atoms with Crippen molar-refractivity contribution in [1.82, 2.24) is 4.57 Å². The maximum atomic E-state index is 11.8. The summed E-state index contributed by atoms with van der Waals surface area (Å²) in [5.41, 5.74) is 2.85. The van der Waals surface area contributed by atoms with Crippen molar-refractivity contribution < 1.29 is 9.90 Å². The lowest BCUT2D eigenvalue weighted by atomic mass is 10.1. The third kappa shape index (κ3) is 3.55. The smallest absolute Gasteiger partial charge is 0.164 e. The first-order valence-electron chi connectivity index (χ1n) is 6.60. The summed E-state index contributed by atoms with van der Waals surface area (Å²) in [6, 6.07) is 9.71. The number of aliphatic hydroxyl groups excluding tert-OH is 1. The summed E-state index contributed by atoms with van der Waals surface area (Å²) in [5.74, 6) is 0.205. The van der Waals surface area contributed by atoms with Gasteiger partial charge < -0.3 is 9.67 Å². The fraction of sp³-hybridized carbons (Fsp3) is 0.312. The van der Waals surface area contributed by atoms with E-state index in [4.69, 9.17) is 5.11 Å². The van der Waals surface area contributed by atoms with Crippen molar-refractivity contribution in [3.63, 3.8) is 0 Å². The molecule has 0 amide bonds. The Labute approximate surface area is 113 Å². The topological polar surface area (TPSA) is 42.2 Å². The lowest BCUT2D eigenvalue weighted by Gasteiger charge is -2.04. The average Bonchev–Trinajstić information content (AvgIpc) is 2.88. The van der Waals surface area contributed by atoms with Crippen molar-refractivity contribution in [3.05, 3.63) is 59.4 Å². The van der Waals surface area contributed by atoms with Crippen molar-refractivity contribution in [2.24, 2.45) is 0 Å². The molecular formula is C16H19NO2. The summed E-state index contributed by atoms with van der Waals surface area (Å²) in [6.45, 7) is 2.82. The third-order valence-corrected chi connectivity index (χ3v) is 3.12. The first kappa shape index (κ1) is 13.6. The summed E-state index contributed by atoms with van der Waals surface area (Å²) in [5, 5.41) is 8.99. The van der Waals surface area contributed by atoms with Gasteiger partial charge in [-0.15, -0.1) is 0 Å². The van der Waals surface area contributed by atoms with E-state index in [1.807, 2.05) is 54.2 Å². The van der Waals surface area contributed by atoms with Crippen LogP contribution in [0.1, 0.15) is 41.3 Å². The first-order valence-corrected chi connectivity index (χ1v) is 6.60. The van der Waals surface area contributed by atoms with Gasteiger partial charge in [-0.2, -0.15) is 0 Å². The van der Waals surface area contributed by atoms with Crippen LogP contribution in [0.4, 0.5) is 0 Å². The Bertz CT molecular complexity index is 540. The molecule has 2 aromatic rings. The number of aliphatic hydroxyl groups is 1. The van der Waals surface area contributed by atoms with Crippen LogP contribution in [0.3, 0.4) is 0 Å². The van der Waals surface area contributed by atoms with E-state index in [1.165, 1.54) is 0 Å². The fourth-order valence-corrected chi connectivity index (χ4v) is 2.04. The van der Waals surface area contributed by atoms with Crippen LogP contribution in [0.15, 0.2) is 42.7 Å². The van der Waals surface area contributed by atoms with Gasteiger partial charge in [0.15, 0.2) is 5.78 Å². The Morgan fingerprint density at radius 1 is 1.16 bits per heavy atom. The van der Waals surface area contributed by atoms with Gasteiger partial charge in [0.1, 0.15) is 0 Å². The Balaban J connectivity index is 2.04. The number of Topliss-reactive ketones (excluding diaryl/α,β-unsaturated/α-hetero) is 1. The number of carbonyl (C=O) groups is 1. The summed E-state index contributed by atoms with van der Waals surface area (Å²) >= 11 is 0. The molecule has 0 saturated carbocycles. The molecule has 0 atom stereocenters. The molecule has 100 valence electrons. The van der Waals surface area contributed by atoms with Crippen LogP contribution in [0.2, 0.25) is 0 Å². The van der Waals surface area contributed by atoms with Crippen molar-refractivity contribution in [2.45, 2.75) is 32.9 Å². The number of aromatic nitrogens is 1. The van der Waals surface area contributed by atoms with E-state index in [-0.39, 0.29) is 12.4 Å². The highest BCUT2D eigenvalue weighted by Crippen LogP contribution is 2.10. The normalized spacial score (nSPS) is 10.6. The van der Waals surface area contributed by atoms with E-state index in [0.29, 0.717) is 6.42 Å². The molecule has 1 N–H and O–H groups in total. The molecule has 0 fully saturated rings. The molecule has 2 rings (SSSR count). The molecule has 0 unspecified atom stereocenters. The van der Waals surface area contributed by atoms with E-state index in [0.717, 1.165) is 29.7 Å². The van der Waals surface area contributed by atoms with Gasteiger partial charge in [0, 0.05) is 30.9 Å². The second-order valence-corrected chi connectivity index (χ2v) is 4.72. The molecule has 0 aliphatic carbocycles. The highest BCUT2D eigenvalue weighted by Gasteiger charge is 2.06. The quantitative estimate of drug-likeness (QED) is 0.808. The van der Waals surface area contributed by atoms with Crippen molar-refractivity contribution in [3.8, 4) is 0 Å². The number of nitrogens with zero attached hydrogens (tertiary/aromatic N) is 1. The van der Waals surface area contributed by atoms with E-state index in [1.54, 1.807) is 0 Å². The lowest BCUT2D eigenvalue weighted by Crippen LogP contribution is -1.99. The zero-order valence-electron chi connectivity index (χ0n) is 11.2. The molecule has 0 aliphatic rings. The average molecular weight is 257 g/mol. The van der Waals surface area contributed by atoms with Crippen molar-refractivity contribution in [1.29, 1.82) is 0 Å². The molecule has 1 heterocycles. The van der Waals surface area contributed by atoms with Crippen LogP contribution in [0, 0.1) is 0 Å². The van der Waals surface area contributed by atoms with E-state index in [9.17, 15) is 4.79 Å². The maximum absolute atomic E-state index is 11.8. The zero-order chi connectivity index (χ0) is 13.7. The minimum Gasteiger partial charge on any atom is -0.392 e. The molecule has 0 saturated heterocycles. The Hall–Kier alpha value is -1.87. The summed E-state index contributed by atoms with van der Waals surface area (Å²) in [4.78, 5) is 11.8. The minimum atomic E-state index is 0.0689. The first-order chi connectivity index (χ1) is 9.22. The molecule has 3 heteroatoms. The molecule has 0 bridgehead atoms. The second kappa shape index (κ2) is 6.34. The summed E-state index contributed by atoms with van der Waals surface area (Å²) in [7, 11) is 0. The van der Waals surface area contributed by atoms with Crippen LogP contribution >= 0.6 is 0 Å². The lowest BCUT2D eigenvalue weighted by molar-refractivity contribution is 0.0981. The van der Waals surface area contributed by atoms with E-state index in [2.05, 4.69) is 0 Å². The predicted octanol–water partition coefficient (Wildman–Crippen LogP) is 3.01. The zero-order valence-corrected chi connectivity index (χ0v) is 11.2. The van der Waals surface area contributed by atoms with Crippen LogP contribution in [0.25, 0.3) is 0 Å². The molecule has 0 aliphatic heterocycles. The number of hydrogen-bond acceptors (Lipinski definition) is 2. The fourth-order valence-electron chi connectivity index (χ4n) is 2.04. The minimum absolute atomic E-state index is 0.0689. The standard InChI is InChI=1S/C16H19NO2/c1-2-3-16(19)15-8-9-17(11-15)10-13-4-6-14(12-18)7-5-13/h4-9,11,18H,2-3,10,12H2,1H3. The molecule has 3 nitrogen and oxygen atoms in total. The van der Waals surface area contributed by atoms with Gasteiger partial charge in [-0.05, 0) is 23.6 Å². The Morgan fingerprint density at radius 2 is 1.84 bits per heavy atom. The largest absolute Gasteiger partial charge is 0.392 e. The SMILES string of the molecule is CCCC(=O)c1ccn(Cc2ccc(CO)cc2)c1. The van der Waals surface area contributed by atoms with Gasteiger partial charge in [-0.1, -0.05) is 31.2 Å². The third-order valence-electron chi connectivity index (χ3n) is 3.12. The van der Waals surface area contributed by atoms with Gasteiger partial charge >= 0.3 is 0 Å². The van der Waals surface area contributed by atoms with Gasteiger partial charge in [-0.3, -0.25) is 4.79 Å².